The summed E-state index contributed by atoms with van der Waals surface area (Å²) < 4.78 is 5.29. The summed E-state index contributed by atoms with van der Waals surface area (Å²) in [4.78, 5) is 44.5. The van der Waals surface area contributed by atoms with Crippen LogP contribution in [0.25, 0.3) is 0 Å². The number of carbonyl (C=O) groups is 3. The van der Waals surface area contributed by atoms with E-state index in [1.807, 2.05) is 96.9 Å². The Morgan fingerprint density at radius 1 is 0.950 bits per heavy atom. The molecule has 0 spiro atoms. The average molecular weight is 543 g/mol. The Labute approximate surface area is 234 Å². The van der Waals surface area contributed by atoms with Gasteiger partial charge in [0.2, 0.25) is 5.91 Å². The molecule has 0 radical (unpaired) electrons. The van der Waals surface area contributed by atoms with E-state index in [0.717, 1.165) is 28.9 Å². The second-order valence-corrected chi connectivity index (χ2v) is 10.2. The molecule has 2 aliphatic rings. The highest BCUT2D eigenvalue weighted by atomic mass is 16.5. The van der Waals surface area contributed by atoms with Crippen LogP contribution in [0.2, 0.25) is 0 Å². The zero-order chi connectivity index (χ0) is 28.1. The van der Waals surface area contributed by atoms with Gasteiger partial charge in [-0.3, -0.25) is 14.9 Å². The number of hydrogen-bond donors (Lipinski definition) is 2. The molecule has 2 heterocycles. The number of nitrogens with zero attached hydrogens (tertiary/aromatic N) is 3. The number of ether oxygens (including phenoxy) is 1. The van der Waals surface area contributed by atoms with Crippen LogP contribution in [0.3, 0.4) is 0 Å². The molecule has 3 aromatic rings. The monoisotopic (exact) mass is 542 g/mol. The van der Waals surface area contributed by atoms with Crippen LogP contribution < -0.4 is 15.1 Å². The van der Waals surface area contributed by atoms with Crippen molar-refractivity contribution in [1.29, 1.82) is 0 Å². The fourth-order valence-corrected chi connectivity index (χ4v) is 5.54. The van der Waals surface area contributed by atoms with Gasteiger partial charge in [0, 0.05) is 13.1 Å². The van der Waals surface area contributed by atoms with Crippen LogP contribution in [-0.4, -0.2) is 65.6 Å². The molecule has 208 valence electrons. The van der Waals surface area contributed by atoms with Gasteiger partial charge in [0.15, 0.2) is 6.17 Å². The Morgan fingerprint density at radius 2 is 1.62 bits per heavy atom. The SMILES string of the molecule is CCC[NH+](C(=O)NCc1ccccc1)N1CC(=O)N2C(c3ccccc3)C(=O)N(Cc3ccc(OC)cc3)CC21. The molecule has 2 saturated heterocycles. The van der Waals surface area contributed by atoms with E-state index in [1.54, 1.807) is 16.9 Å². The number of carbonyl (C=O) groups excluding carboxylic acids is 3. The van der Waals surface area contributed by atoms with E-state index < -0.39 is 12.2 Å². The van der Waals surface area contributed by atoms with Gasteiger partial charge in [-0.2, -0.15) is 5.01 Å². The van der Waals surface area contributed by atoms with Crippen LogP contribution in [0.5, 0.6) is 5.75 Å². The second kappa shape index (κ2) is 12.3. The maximum atomic E-state index is 13.9. The number of nitrogens with one attached hydrogen (secondary N) is 2. The summed E-state index contributed by atoms with van der Waals surface area (Å²) >= 11 is 0. The number of rotatable bonds is 9. The highest BCUT2D eigenvalue weighted by Crippen LogP contribution is 2.34. The van der Waals surface area contributed by atoms with Crippen molar-refractivity contribution in [1.82, 2.24) is 20.1 Å². The summed E-state index contributed by atoms with van der Waals surface area (Å²) in [6.45, 7) is 3.71. The molecule has 0 bridgehead atoms. The fraction of sp³-hybridized carbons (Fsp3) is 0.323. The van der Waals surface area contributed by atoms with Crippen molar-refractivity contribution in [3.05, 3.63) is 102 Å². The van der Waals surface area contributed by atoms with Gasteiger partial charge in [0.1, 0.15) is 24.9 Å². The number of hydrogen-bond acceptors (Lipinski definition) is 5. The summed E-state index contributed by atoms with van der Waals surface area (Å²) in [6, 6.07) is 25.9. The Hall–Kier alpha value is -4.21. The van der Waals surface area contributed by atoms with Gasteiger partial charge in [0.25, 0.3) is 5.91 Å². The van der Waals surface area contributed by atoms with Crippen LogP contribution in [0, 0.1) is 0 Å². The van der Waals surface area contributed by atoms with Crippen molar-refractivity contribution < 1.29 is 24.1 Å². The van der Waals surface area contributed by atoms with Crippen LogP contribution in [0.15, 0.2) is 84.9 Å². The van der Waals surface area contributed by atoms with Gasteiger partial charge in [0.05, 0.1) is 13.7 Å². The first-order valence-corrected chi connectivity index (χ1v) is 13.7. The van der Waals surface area contributed by atoms with Crippen LogP contribution in [0.4, 0.5) is 4.79 Å². The number of fused-ring (bicyclic) bond motifs is 1. The number of benzene rings is 3. The fourth-order valence-electron chi connectivity index (χ4n) is 5.54. The van der Waals surface area contributed by atoms with Gasteiger partial charge in [-0.05, 0) is 35.2 Å². The molecule has 5 rings (SSSR count). The maximum Gasteiger partial charge on any atom is 0.434 e. The quantitative estimate of drug-likeness (QED) is 0.434. The van der Waals surface area contributed by atoms with Gasteiger partial charge in [-0.15, -0.1) is 5.01 Å². The van der Waals surface area contributed by atoms with Crippen molar-refractivity contribution in [2.24, 2.45) is 0 Å². The standard InChI is InChI=1S/C31H35N5O4/c1-3-18-34(31(39)32-19-23-10-6-4-7-11-23)35-22-28(37)36-27(35)21-33(20-24-14-16-26(40-2)17-15-24)30(38)29(36)25-12-8-5-9-13-25/h4-17,27,29H,3,18-22H2,1-2H3,(H,32,39)/p+1. The molecule has 2 aliphatic heterocycles. The van der Waals surface area contributed by atoms with E-state index in [4.69, 9.17) is 4.74 Å². The molecule has 2 fully saturated rings. The number of methoxy groups -OCH3 is 1. The van der Waals surface area contributed by atoms with Gasteiger partial charge >= 0.3 is 6.03 Å². The lowest BCUT2D eigenvalue weighted by Gasteiger charge is -2.44. The zero-order valence-electron chi connectivity index (χ0n) is 23.0. The van der Waals surface area contributed by atoms with E-state index in [1.165, 1.54) is 0 Å². The minimum Gasteiger partial charge on any atom is -0.497 e. The van der Waals surface area contributed by atoms with Crippen LogP contribution >= 0.6 is 0 Å². The third kappa shape index (κ3) is 5.71. The third-order valence-corrected chi connectivity index (χ3v) is 7.52. The number of urea groups is 1. The lowest BCUT2D eigenvalue weighted by Crippen LogP contribution is -3.22. The van der Waals surface area contributed by atoms with E-state index in [0.29, 0.717) is 31.2 Å². The normalized spacial score (nSPS) is 19.9. The molecule has 3 aromatic carbocycles. The smallest absolute Gasteiger partial charge is 0.434 e. The highest BCUT2D eigenvalue weighted by molar-refractivity contribution is 5.92. The van der Waals surface area contributed by atoms with Crippen molar-refractivity contribution in [3.63, 3.8) is 0 Å². The molecule has 0 aromatic heterocycles. The predicted octanol–water partition coefficient (Wildman–Crippen LogP) is 2.37. The topological polar surface area (TPSA) is 86.6 Å². The molecule has 3 unspecified atom stereocenters. The van der Waals surface area contributed by atoms with E-state index in [-0.39, 0.29) is 24.4 Å². The highest BCUT2D eigenvalue weighted by Gasteiger charge is 2.54. The van der Waals surface area contributed by atoms with E-state index in [2.05, 4.69) is 5.32 Å². The summed E-state index contributed by atoms with van der Waals surface area (Å²) in [5, 5.41) is 5.53. The Balaban J connectivity index is 1.44. The Bertz CT molecular complexity index is 1320. The minimum atomic E-state index is -0.758. The molecular weight excluding hydrogens is 506 g/mol. The largest absolute Gasteiger partial charge is 0.497 e. The maximum absolute atomic E-state index is 13.9. The first-order valence-electron chi connectivity index (χ1n) is 13.7. The van der Waals surface area contributed by atoms with Gasteiger partial charge in [-0.1, -0.05) is 79.7 Å². The van der Waals surface area contributed by atoms with Crippen LogP contribution in [-0.2, 0) is 22.7 Å². The van der Waals surface area contributed by atoms with Crippen molar-refractivity contribution in [2.75, 3.05) is 26.7 Å². The number of amides is 4. The Kier molecular flexibility index (Phi) is 8.42. The summed E-state index contributed by atoms with van der Waals surface area (Å²) in [7, 11) is 1.62. The lowest BCUT2D eigenvalue weighted by molar-refractivity contribution is -0.946. The van der Waals surface area contributed by atoms with E-state index >= 15 is 0 Å². The first kappa shape index (κ1) is 27.4. The first-order chi connectivity index (χ1) is 19.5. The average Bonchev–Trinajstić information content (AvgIpc) is 3.31. The molecule has 0 aliphatic carbocycles. The predicted molar refractivity (Wildman–Crippen MR) is 150 cm³/mol. The van der Waals surface area contributed by atoms with Gasteiger partial charge < -0.3 is 14.5 Å². The molecule has 4 amide bonds. The zero-order valence-corrected chi connectivity index (χ0v) is 23.0. The Morgan fingerprint density at radius 3 is 2.27 bits per heavy atom. The molecule has 40 heavy (non-hydrogen) atoms. The molecule has 3 atom stereocenters. The third-order valence-electron chi connectivity index (χ3n) is 7.52. The molecule has 9 nitrogen and oxygen atoms in total. The van der Waals surface area contributed by atoms with Crippen LogP contribution in [0.1, 0.15) is 36.1 Å². The summed E-state index contributed by atoms with van der Waals surface area (Å²) in [5.41, 5.74) is 2.73. The molecular formula is C31H36N5O4+. The minimum absolute atomic E-state index is 0.0613. The molecule has 0 saturated carbocycles. The van der Waals surface area contributed by atoms with Crippen molar-refractivity contribution in [3.8, 4) is 5.75 Å². The second-order valence-electron chi connectivity index (χ2n) is 10.2. The van der Waals surface area contributed by atoms with Gasteiger partial charge in [-0.25, -0.2) is 4.79 Å². The summed E-state index contributed by atoms with van der Waals surface area (Å²) in [6.07, 6.45) is 0.305. The van der Waals surface area contributed by atoms with Crippen molar-refractivity contribution >= 4 is 17.8 Å². The molecule has 9 heteroatoms. The summed E-state index contributed by atoms with van der Waals surface area (Å²) in [5.74, 6) is 0.467. The lowest BCUT2D eigenvalue weighted by atomic mass is 10.00. The molecule has 2 N–H and O–H groups in total. The van der Waals surface area contributed by atoms with Crippen molar-refractivity contribution in [2.45, 2.75) is 38.6 Å². The number of quaternary nitrogens is 1. The number of piperazine rings is 1. The van der Waals surface area contributed by atoms with E-state index in [9.17, 15) is 14.4 Å².